The van der Waals surface area contributed by atoms with E-state index in [-0.39, 0.29) is 11.1 Å². The highest BCUT2D eigenvalue weighted by Gasteiger charge is 2.22. The van der Waals surface area contributed by atoms with Gasteiger partial charge in [0.1, 0.15) is 0 Å². The number of ether oxygens (including phenoxy) is 1. The molecule has 1 atom stereocenters. The molecule has 0 aromatic carbocycles. The third-order valence-electron chi connectivity index (χ3n) is 2.20. The first kappa shape index (κ1) is 14.6. The Hall–Kier alpha value is -0.440. The Morgan fingerprint density at radius 3 is 2.82 bits per heavy atom. The van der Waals surface area contributed by atoms with Crippen molar-refractivity contribution >= 4 is 26.0 Å². The molecule has 0 saturated heterocycles. The van der Waals surface area contributed by atoms with Gasteiger partial charge in [0.15, 0.2) is 5.03 Å². The van der Waals surface area contributed by atoms with E-state index in [1.807, 2.05) is 0 Å². The van der Waals surface area contributed by atoms with Crippen LogP contribution in [0.25, 0.3) is 0 Å². The number of methoxy groups -OCH3 is 1. The summed E-state index contributed by atoms with van der Waals surface area (Å²) in [4.78, 5) is 0. The van der Waals surface area contributed by atoms with Gasteiger partial charge in [-0.05, 0) is 12.5 Å². The number of aryl methyl sites for hydroxylation is 1. The Balaban J connectivity index is 2.81. The average Bonchev–Trinajstić information content (AvgIpc) is 2.65. The van der Waals surface area contributed by atoms with Crippen molar-refractivity contribution in [2.45, 2.75) is 17.5 Å². The molecule has 1 aromatic rings. The molecule has 17 heavy (non-hydrogen) atoms. The van der Waals surface area contributed by atoms with Gasteiger partial charge in [-0.25, -0.2) is 13.1 Å². The largest absolute Gasteiger partial charge is 0.383 e. The van der Waals surface area contributed by atoms with Crippen LogP contribution in [-0.2, 0) is 21.8 Å². The zero-order chi connectivity index (χ0) is 12.9. The van der Waals surface area contributed by atoms with Gasteiger partial charge >= 0.3 is 0 Å². The number of alkyl halides is 1. The zero-order valence-corrected chi connectivity index (χ0v) is 12.2. The van der Waals surface area contributed by atoms with Crippen molar-refractivity contribution in [2.75, 3.05) is 19.0 Å². The van der Waals surface area contributed by atoms with E-state index in [0.717, 1.165) is 0 Å². The lowest BCUT2D eigenvalue weighted by molar-refractivity contribution is 0.173. The summed E-state index contributed by atoms with van der Waals surface area (Å²) in [5.41, 5.74) is 0. The molecule has 1 heterocycles. The molecule has 0 aliphatic rings. The SMILES string of the molecule is COCC(CCBr)NS(=O)(=O)c1ccnn1C. The molecular formula is C9H16BrN3O3S. The maximum Gasteiger partial charge on any atom is 0.258 e. The van der Waals surface area contributed by atoms with Crippen LogP contribution in [0.5, 0.6) is 0 Å². The van der Waals surface area contributed by atoms with Gasteiger partial charge in [0.25, 0.3) is 10.0 Å². The summed E-state index contributed by atoms with van der Waals surface area (Å²) in [7, 11) is -0.413. The molecule has 1 rings (SSSR count). The topological polar surface area (TPSA) is 73.2 Å². The Bertz CT molecular complexity index is 440. The highest BCUT2D eigenvalue weighted by atomic mass is 79.9. The molecule has 0 aliphatic carbocycles. The van der Waals surface area contributed by atoms with Crippen molar-refractivity contribution in [3.05, 3.63) is 12.3 Å². The molecule has 1 aromatic heterocycles. The Kier molecular flexibility index (Phi) is 5.57. The van der Waals surface area contributed by atoms with E-state index >= 15 is 0 Å². The summed E-state index contributed by atoms with van der Waals surface area (Å²) in [6.45, 7) is 0.336. The number of rotatable bonds is 7. The van der Waals surface area contributed by atoms with Gasteiger partial charge in [-0.2, -0.15) is 5.10 Å². The zero-order valence-electron chi connectivity index (χ0n) is 9.76. The molecule has 0 aliphatic heterocycles. The van der Waals surface area contributed by atoms with Crippen molar-refractivity contribution in [1.29, 1.82) is 0 Å². The third kappa shape index (κ3) is 4.06. The van der Waals surface area contributed by atoms with Gasteiger partial charge in [-0.15, -0.1) is 0 Å². The van der Waals surface area contributed by atoms with E-state index in [0.29, 0.717) is 18.4 Å². The molecule has 0 bridgehead atoms. The minimum absolute atomic E-state index is 0.146. The van der Waals surface area contributed by atoms with Crippen molar-refractivity contribution in [2.24, 2.45) is 7.05 Å². The summed E-state index contributed by atoms with van der Waals surface area (Å²) in [5, 5.41) is 4.69. The molecule has 0 spiro atoms. The fraction of sp³-hybridized carbons (Fsp3) is 0.667. The van der Waals surface area contributed by atoms with Crippen LogP contribution in [0.3, 0.4) is 0 Å². The Morgan fingerprint density at radius 2 is 2.35 bits per heavy atom. The highest BCUT2D eigenvalue weighted by Crippen LogP contribution is 2.08. The molecule has 0 fully saturated rings. The number of hydrogen-bond acceptors (Lipinski definition) is 4. The lowest BCUT2D eigenvalue weighted by Crippen LogP contribution is -2.39. The fourth-order valence-electron chi connectivity index (χ4n) is 1.41. The first-order valence-electron chi connectivity index (χ1n) is 5.06. The molecule has 98 valence electrons. The van der Waals surface area contributed by atoms with Gasteiger partial charge in [0.2, 0.25) is 0 Å². The first-order valence-corrected chi connectivity index (χ1v) is 7.67. The molecule has 1 unspecified atom stereocenters. The minimum atomic E-state index is -3.54. The van der Waals surface area contributed by atoms with E-state index in [9.17, 15) is 8.42 Å². The molecule has 6 nitrogen and oxygen atoms in total. The summed E-state index contributed by atoms with van der Waals surface area (Å²) in [5.74, 6) is 0. The molecule has 0 radical (unpaired) electrons. The van der Waals surface area contributed by atoms with Crippen molar-refractivity contribution in [3.8, 4) is 0 Å². The van der Waals surface area contributed by atoms with Gasteiger partial charge in [-0.3, -0.25) is 4.68 Å². The van der Waals surface area contributed by atoms with Crippen molar-refractivity contribution in [3.63, 3.8) is 0 Å². The van der Waals surface area contributed by atoms with Gasteiger partial charge < -0.3 is 4.74 Å². The van der Waals surface area contributed by atoms with Crippen LogP contribution in [0, 0.1) is 0 Å². The summed E-state index contributed by atoms with van der Waals surface area (Å²) in [6.07, 6.45) is 2.11. The molecular weight excluding hydrogens is 310 g/mol. The van der Waals surface area contributed by atoms with E-state index in [1.165, 1.54) is 16.9 Å². The maximum atomic E-state index is 12.0. The lowest BCUT2D eigenvalue weighted by atomic mass is 10.3. The Morgan fingerprint density at radius 1 is 1.65 bits per heavy atom. The second-order valence-corrected chi connectivity index (χ2v) is 6.00. The third-order valence-corrected chi connectivity index (χ3v) is 4.25. The normalized spacial score (nSPS) is 13.8. The van der Waals surface area contributed by atoms with Crippen LogP contribution in [0.4, 0.5) is 0 Å². The smallest absolute Gasteiger partial charge is 0.258 e. The lowest BCUT2D eigenvalue weighted by Gasteiger charge is -2.16. The minimum Gasteiger partial charge on any atom is -0.383 e. The quantitative estimate of drug-likeness (QED) is 0.741. The van der Waals surface area contributed by atoms with E-state index in [2.05, 4.69) is 25.8 Å². The van der Waals surface area contributed by atoms with Crippen LogP contribution < -0.4 is 4.72 Å². The molecule has 8 heteroatoms. The summed E-state index contributed by atoms with van der Waals surface area (Å²) in [6, 6.07) is 1.21. The van der Waals surface area contributed by atoms with Gasteiger partial charge in [0.05, 0.1) is 12.8 Å². The first-order chi connectivity index (χ1) is 8.01. The fourth-order valence-corrected chi connectivity index (χ4v) is 3.35. The number of aromatic nitrogens is 2. The molecule has 0 saturated carbocycles. The predicted octanol–water partition coefficient (Wildman–Crippen LogP) is 0.498. The van der Waals surface area contributed by atoms with E-state index in [4.69, 9.17) is 4.74 Å². The Labute approximate surface area is 110 Å². The van der Waals surface area contributed by atoms with Crippen LogP contribution in [0.1, 0.15) is 6.42 Å². The maximum absolute atomic E-state index is 12.0. The van der Waals surface area contributed by atoms with Crippen LogP contribution >= 0.6 is 15.9 Å². The average molecular weight is 326 g/mol. The summed E-state index contributed by atoms with van der Waals surface area (Å²) >= 11 is 3.28. The van der Waals surface area contributed by atoms with E-state index < -0.39 is 10.0 Å². The molecule has 0 amide bonds. The van der Waals surface area contributed by atoms with Crippen molar-refractivity contribution < 1.29 is 13.2 Å². The van der Waals surface area contributed by atoms with Gasteiger partial charge in [0, 0.05) is 25.5 Å². The van der Waals surface area contributed by atoms with Gasteiger partial charge in [-0.1, -0.05) is 15.9 Å². The van der Waals surface area contributed by atoms with Crippen molar-refractivity contribution in [1.82, 2.24) is 14.5 Å². The molecule has 1 N–H and O–H groups in total. The second-order valence-electron chi connectivity index (χ2n) is 3.54. The predicted molar refractivity (Wildman–Crippen MR) is 67.6 cm³/mol. The van der Waals surface area contributed by atoms with Crippen LogP contribution in [0.15, 0.2) is 17.3 Å². The number of nitrogens with zero attached hydrogens (tertiary/aromatic N) is 2. The van der Waals surface area contributed by atoms with Crippen LogP contribution in [-0.4, -0.2) is 43.3 Å². The number of nitrogens with one attached hydrogen (secondary N) is 1. The summed E-state index contributed by atoms with van der Waals surface area (Å²) < 4.78 is 33.0. The van der Waals surface area contributed by atoms with E-state index in [1.54, 1.807) is 14.2 Å². The number of halogens is 1. The standard InChI is InChI=1S/C9H16BrN3O3S/c1-13-9(4-6-11-13)17(14,15)12-8(3-5-10)7-16-2/h4,6,8,12H,3,5,7H2,1-2H3. The monoisotopic (exact) mass is 325 g/mol. The second kappa shape index (κ2) is 6.48. The van der Waals surface area contributed by atoms with Crippen LogP contribution in [0.2, 0.25) is 0 Å². The number of hydrogen-bond donors (Lipinski definition) is 1. The highest BCUT2D eigenvalue weighted by molar-refractivity contribution is 9.09. The number of sulfonamides is 1.